The minimum atomic E-state index is -0.188. The van der Waals surface area contributed by atoms with Crippen LogP contribution in [-0.2, 0) is 11.4 Å². The Labute approximate surface area is 161 Å². The maximum atomic E-state index is 12.2. The van der Waals surface area contributed by atoms with Crippen molar-refractivity contribution in [3.05, 3.63) is 60.5 Å². The third-order valence-corrected chi connectivity index (χ3v) is 4.16. The van der Waals surface area contributed by atoms with E-state index in [-0.39, 0.29) is 18.3 Å². The van der Waals surface area contributed by atoms with Crippen LogP contribution in [0, 0.1) is 0 Å². The highest BCUT2D eigenvalue weighted by atomic mass is 32.2. The first-order valence-electron chi connectivity index (χ1n) is 8.39. The van der Waals surface area contributed by atoms with Gasteiger partial charge in [0.25, 0.3) is 11.1 Å². The highest BCUT2D eigenvalue weighted by Crippen LogP contribution is 2.24. The van der Waals surface area contributed by atoms with Crippen LogP contribution in [0.15, 0.2) is 64.2 Å². The van der Waals surface area contributed by atoms with Crippen LogP contribution in [-0.4, -0.2) is 28.5 Å². The number of benzene rings is 2. The van der Waals surface area contributed by atoms with Crippen molar-refractivity contribution in [3.63, 3.8) is 0 Å². The van der Waals surface area contributed by atoms with E-state index in [0.29, 0.717) is 29.2 Å². The number of hydrogen-bond donors (Lipinski definition) is 1. The monoisotopic (exact) mass is 385 g/mol. The number of ether oxygens (including phenoxy) is 2. The average molecular weight is 385 g/mol. The van der Waals surface area contributed by atoms with E-state index in [1.54, 1.807) is 6.07 Å². The van der Waals surface area contributed by atoms with Crippen molar-refractivity contribution in [1.29, 1.82) is 0 Å². The van der Waals surface area contributed by atoms with E-state index in [0.717, 1.165) is 17.5 Å². The van der Waals surface area contributed by atoms with Gasteiger partial charge in [-0.05, 0) is 31.2 Å². The molecule has 0 aliphatic rings. The van der Waals surface area contributed by atoms with E-state index in [4.69, 9.17) is 13.9 Å². The molecule has 1 amide bonds. The summed E-state index contributed by atoms with van der Waals surface area (Å²) in [6, 6.07) is 16.6. The summed E-state index contributed by atoms with van der Waals surface area (Å²) in [6.45, 7) is 2.59. The number of carbonyl (C=O) groups is 1. The predicted octanol–water partition coefficient (Wildman–Crippen LogP) is 3.78. The van der Waals surface area contributed by atoms with Crippen molar-refractivity contribution >= 4 is 23.4 Å². The van der Waals surface area contributed by atoms with Crippen molar-refractivity contribution < 1.29 is 18.7 Å². The normalized spacial score (nSPS) is 10.4. The number of carbonyl (C=O) groups excluding carboxylic acids is 1. The van der Waals surface area contributed by atoms with E-state index < -0.39 is 0 Å². The number of rotatable bonds is 9. The number of thioether (sulfide) groups is 1. The van der Waals surface area contributed by atoms with Crippen molar-refractivity contribution in [1.82, 2.24) is 10.2 Å². The topological polar surface area (TPSA) is 86.5 Å². The summed E-state index contributed by atoms with van der Waals surface area (Å²) in [7, 11) is 0. The van der Waals surface area contributed by atoms with Gasteiger partial charge in [0.1, 0.15) is 11.5 Å². The summed E-state index contributed by atoms with van der Waals surface area (Å²) in [5.74, 6) is 1.66. The Balaban J connectivity index is 1.47. The lowest BCUT2D eigenvalue weighted by Gasteiger charge is -2.10. The number of hydrogen-bond acceptors (Lipinski definition) is 7. The maximum absolute atomic E-state index is 12.2. The Kier molecular flexibility index (Phi) is 6.70. The minimum Gasteiger partial charge on any atom is -0.492 e. The van der Waals surface area contributed by atoms with E-state index in [9.17, 15) is 4.79 Å². The molecule has 0 spiro atoms. The molecule has 0 aliphatic carbocycles. The van der Waals surface area contributed by atoms with Gasteiger partial charge in [0.2, 0.25) is 5.91 Å². The van der Waals surface area contributed by atoms with Gasteiger partial charge in [0.15, 0.2) is 6.61 Å². The summed E-state index contributed by atoms with van der Waals surface area (Å²) < 4.78 is 16.5. The standard InChI is InChI=1S/C19H19N3O4S/c1-2-24-16-11-7-6-10-15(16)20-17(23)13-27-19-22-21-18(26-19)12-25-14-8-4-3-5-9-14/h3-11H,2,12-13H2,1H3,(H,20,23). The van der Waals surface area contributed by atoms with Gasteiger partial charge in [-0.15, -0.1) is 10.2 Å². The summed E-state index contributed by atoms with van der Waals surface area (Å²) in [4.78, 5) is 12.2. The van der Waals surface area contributed by atoms with Gasteiger partial charge in [-0.25, -0.2) is 0 Å². The molecule has 8 heteroatoms. The average Bonchev–Trinajstić information content (AvgIpc) is 3.15. The molecule has 1 heterocycles. The quantitative estimate of drug-likeness (QED) is 0.561. The molecule has 0 bridgehead atoms. The molecule has 7 nitrogen and oxygen atoms in total. The van der Waals surface area contributed by atoms with Crippen LogP contribution in [0.1, 0.15) is 12.8 Å². The van der Waals surface area contributed by atoms with Crippen molar-refractivity contribution in [2.75, 3.05) is 17.7 Å². The van der Waals surface area contributed by atoms with Crippen LogP contribution in [0.2, 0.25) is 0 Å². The van der Waals surface area contributed by atoms with E-state index in [1.165, 1.54) is 0 Å². The lowest BCUT2D eigenvalue weighted by atomic mass is 10.3. The number of nitrogens with one attached hydrogen (secondary N) is 1. The van der Waals surface area contributed by atoms with Crippen LogP contribution in [0.3, 0.4) is 0 Å². The van der Waals surface area contributed by atoms with Gasteiger partial charge >= 0.3 is 0 Å². The Morgan fingerprint density at radius 2 is 1.85 bits per heavy atom. The molecule has 2 aromatic carbocycles. The Morgan fingerprint density at radius 3 is 2.67 bits per heavy atom. The molecule has 0 unspecified atom stereocenters. The summed E-state index contributed by atoms with van der Waals surface area (Å²) >= 11 is 1.16. The SMILES string of the molecule is CCOc1ccccc1NC(=O)CSc1nnc(COc2ccccc2)o1. The van der Waals surface area contributed by atoms with Crippen molar-refractivity contribution in [2.24, 2.45) is 0 Å². The van der Waals surface area contributed by atoms with E-state index in [2.05, 4.69) is 15.5 Å². The first kappa shape index (κ1) is 18.8. The molecule has 0 aliphatic heterocycles. The van der Waals surface area contributed by atoms with Crippen LogP contribution < -0.4 is 14.8 Å². The fourth-order valence-electron chi connectivity index (χ4n) is 2.18. The molecule has 140 valence electrons. The van der Waals surface area contributed by atoms with Crippen molar-refractivity contribution in [3.8, 4) is 11.5 Å². The molecule has 0 saturated carbocycles. The Morgan fingerprint density at radius 1 is 1.07 bits per heavy atom. The number of nitrogens with zero attached hydrogens (tertiary/aromatic N) is 2. The van der Waals surface area contributed by atoms with Gasteiger partial charge in [0, 0.05) is 0 Å². The van der Waals surface area contributed by atoms with E-state index >= 15 is 0 Å². The fourth-order valence-corrected chi connectivity index (χ4v) is 2.76. The van der Waals surface area contributed by atoms with E-state index in [1.807, 2.05) is 55.5 Å². The first-order chi connectivity index (χ1) is 13.2. The minimum absolute atomic E-state index is 0.141. The number of amides is 1. The zero-order chi connectivity index (χ0) is 18.9. The third-order valence-electron chi connectivity index (χ3n) is 3.34. The molecule has 27 heavy (non-hydrogen) atoms. The van der Waals surface area contributed by atoms with Crippen LogP contribution in [0.4, 0.5) is 5.69 Å². The molecule has 1 aromatic heterocycles. The summed E-state index contributed by atoms with van der Waals surface area (Å²) in [5.41, 5.74) is 0.632. The zero-order valence-corrected chi connectivity index (χ0v) is 15.6. The second-order valence-corrected chi connectivity index (χ2v) is 6.26. The second kappa shape index (κ2) is 9.63. The van der Waals surface area contributed by atoms with Crippen molar-refractivity contribution in [2.45, 2.75) is 18.8 Å². The number of para-hydroxylation sites is 3. The van der Waals surface area contributed by atoms with Crippen LogP contribution in [0.5, 0.6) is 11.5 Å². The van der Waals surface area contributed by atoms with Gasteiger partial charge in [-0.2, -0.15) is 0 Å². The van der Waals surface area contributed by atoms with Gasteiger partial charge in [0.05, 0.1) is 18.0 Å². The molecule has 0 radical (unpaired) electrons. The molecule has 3 rings (SSSR count). The Hall–Kier alpha value is -3.00. The largest absolute Gasteiger partial charge is 0.492 e. The van der Waals surface area contributed by atoms with Gasteiger partial charge in [-0.3, -0.25) is 4.79 Å². The molecule has 0 saturated heterocycles. The lowest BCUT2D eigenvalue weighted by molar-refractivity contribution is -0.113. The summed E-state index contributed by atoms with van der Waals surface area (Å²) in [6.07, 6.45) is 0. The Bertz CT molecular complexity index is 870. The maximum Gasteiger partial charge on any atom is 0.277 e. The first-order valence-corrected chi connectivity index (χ1v) is 9.38. The molecular formula is C19H19N3O4S. The molecule has 0 fully saturated rings. The predicted molar refractivity (Wildman–Crippen MR) is 102 cm³/mol. The third kappa shape index (κ3) is 5.75. The lowest BCUT2D eigenvalue weighted by Crippen LogP contribution is -2.14. The van der Waals surface area contributed by atoms with Crippen LogP contribution >= 0.6 is 11.8 Å². The van der Waals surface area contributed by atoms with Crippen LogP contribution in [0.25, 0.3) is 0 Å². The summed E-state index contributed by atoms with van der Waals surface area (Å²) in [5, 5.41) is 11.0. The molecule has 3 aromatic rings. The highest BCUT2D eigenvalue weighted by molar-refractivity contribution is 7.99. The number of aromatic nitrogens is 2. The van der Waals surface area contributed by atoms with Gasteiger partial charge < -0.3 is 19.2 Å². The molecule has 1 N–H and O–H groups in total. The molecule has 0 atom stereocenters. The second-order valence-electron chi connectivity index (χ2n) is 5.33. The smallest absolute Gasteiger partial charge is 0.277 e. The number of anilines is 1. The highest BCUT2D eigenvalue weighted by Gasteiger charge is 2.12. The molecular weight excluding hydrogens is 366 g/mol. The van der Waals surface area contributed by atoms with Gasteiger partial charge in [-0.1, -0.05) is 42.1 Å². The zero-order valence-electron chi connectivity index (χ0n) is 14.8. The fraction of sp³-hybridized carbons (Fsp3) is 0.211.